The summed E-state index contributed by atoms with van der Waals surface area (Å²) in [6, 6.07) is 0. The molecule has 64 valence electrons. The molecule has 0 aromatic carbocycles. The zero-order valence-electron chi connectivity index (χ0n) is 6.89. The molecule has 0 aliphatic carbocycles. The molecule has 0 spiro atoms. The van der Waals surface area contributed by atoms with Crippen LogP contribution in [0.15, 0.2) is 4.79 Å². The van der Waals surface area contributed by atoms with Crippen molar-refractivity contribution in [2.24, 2.45) is 0 Å². The predicted octanol–water partition coefficient (Wildman–Crippen LogP) is 0.403. The minimum absolute atomic E-state index is 0.213. The Morgan fingerprint density at radius 3 is 3.17 bits per heavy atom. The van der Waals surface area contributed by atoms with Crippen LogP contribution in [0.25, 0.3) is 0 Å². The molecule has 2 rings (SSSR count). The van der Waals surface area contributed by atoms with Crippen molar-refractivity contribution in [3.8, 4) is 5.75 Å². The lowest BCUT2D eigenvalue weighted by Crippen LogP contribution is -2.21. The van der Waals surface area contributed by atoms with Gasteiger partial charge < -0.3 is 4.74 Å². The quantitative estimate of drug-likeness (QED) is 0.607. The Balaban J connectivity index is 2.64. The molecule has 0 atom stereocenters. The fraction of sp³-hybridized carbons (Fsp3) is 0.500. The van der Waals surface area contributed by atoms with E-state index in [9.17, 15) is 4.79 Å². The summed E-state index contributed by atoms with van der Waals surface area (Å²) < 4.78 is 5.25. The van der Waals surface area contributed by atoms with Crippen LogP contribution in [0.4, 0.5) is 0 Å². The largest absolute Gasteiger partial charge is 0.488 e. The van der Waals surface area contributed by atoms with Crippen LogP contribution >= 0.6 is 0 Å². The zero-order valence-corrected chi connectivity index (χ0v) is 6.89. The van der Waals surface area contributed by atoms with Gasteiger partial charge in [-0.05, 0) is 19.8 Å². The van der Waals surface area contributed by atoms with Crippen LogP contribution < -0.4 is 10.3 Å². The van der Waals surface area contributed by atoms with Gasteiger partial charge in [0.05, 0.1) is 12.3 Å². The molecule has 1 N–H and O–H groups in total. The van der Waals surface area contributed by atoms with Gasteiger partial charge in [-0.1, -0.05) is 0 Å². The lowest BCUT2D eigenvalue weighted by Gasteiger charge is -2.16. The fourth-order valence-electron chi connectivity index (χ4n) is 1.42. The summed E-state index contributed by atoms with van der Waals surface area (Å²) >= 11 is 0. The number of aryl methyl sites for hydroxylation is 1. The van der Waals surface area contributed by atoms with E-state index in [1.807, 2.05) is 6.92 Å². The topological polar surface area (TPSA) is 55.0 Å². The standard InChI is InChI=1S/C8H10N2O2/c1-5-6-3-2-4-12-7(6)8(11)10-9-5/h2-4H2,1H3,(H,10,11). The van der Waals surface area contributed by atoms with Crippen molar-refractivity contribution in [1.29, 1.82) is 0 Å². The number of rotatable bonds is 0. The first kappa shape index (κ1) is 7.34. The van der Waals surface area contributed by atoms with Gasteiger partial charge in [0, 0.05) is 5.56 Å². The Morgan fingerprint density at radius 1 is 1.58 bits per heavy atom. The summed E-state index contributed by atoms with van der Waals surface area (Å²) in [7, 11) is 0. The van der Waals surface area contributed by atoms with Gasteiger partial charge in [0.1, 0.15) is 0 Å². The first-order valence-corrected chi connectivity index (χ1v) is 4.00. The molecule has 12 heavy (non-hydrogen) atoms. The van der Waals surface area contributed by atoms with Crippen LogP contribution in [-0.4, -0.2) is 16.8 Å². The van der Waals surface area contributed by atoms with Crippen LogP contribution in [0, 0.1) is 6.92 Å². The van der Waals surface area contributed by atoms with Crippen molar-refractivity contribution in [3.05, 3.63) is 21.6 Å². The summed E-state index contributed by atoms with van der Waals surface area (Å²) in [5, 5.41) is 6.27. The highest BCUT2D eigenvalue weighted by molar-refractivity contribution is 5.34. The van der Waals surface area contributed by atoms with E-state index in [-0.39, 0.29) is 5.56 Å². The third-order valence-electron chi connectivity index (χ3n) is 2.06. The van der Waals surface area contributed by atoms with E-state index in [2.05, 4.69) is 10.2 Å². The second kappa shape index (κ2) is 2.62. The van der Waals surface area contributed by atoms with E-state index < -0.39 is 0 Å². The van der Waals surface area contributed by atoms with E-state index in [0.717, 1.165) is 24.1 Å². The number of fused-ring (bicyclic) bond motifs is 1. The fourth-order valence-corrected chi connectivity index (χ4v) is 1.42. The summed E-state index contributed by atoms with van der Waals surface area (Å²) in [4.78, 5) is 11.2. The number of H-pyrrole nitrogens is 1. The number of hydrogen-bond acceptors (Lipinski definition) is 3. The van der Waals surface area contributed by atoms with Gasteiger partial charge in [0.25, 0.3) is 0 Å². The maximum atomic E-state index is 11.2. The van der Waals surface area contributed by atoms with Crippen LogP contribution in [0.1, 0.15) is 17.7 Å². The monoisotopic (exact) mass is 166 g/mol. The molecule has 2 heterocycles. The molecule has 0 saturated carbocycles. The molecule has 1 aromatic heterocycles. The Morgan fingerprint density at radius 2 is 2.42 bits per heavy atom. The second-order valence-electron chi connectivity index (χ2n) is 2.90. The zero-order chi connectivity index (χ0) is 8.55. The van der Waals surface area contributed by atoms with Crippen LogP contribution in [-0.2, 0) is 6.42 Å². The van der Waals surface area contributed by atoms with Gasteiger partial charge in [0.15, 0.2) is 5.75 Å². The van der Waals surface area contributed by atoms with Crippen molar-refractivity contribution in [1.82, 2.24) is 10.2 Å². The van der Waals surface area contributed by atoms with Crippen LogP contribution in [0.3, 0.4) is 0 Å². The number of nitrogens with one attached hydrogen (secondary N) is 1. The molecule has 0 amide bonds. The highest BCUT2D eigenvalue weighted by Gasteiger charge is 2.16. The summed E-state index contributed by atoms with van der Waals surface area (Å²) in [6.45, 7) is 2.52. The SMILES string of the molecule is Cc1n[nH]c(=O)c2c1CCCO2. The first-order valence-electron chi connectivity index (χ1n) is 4.00. The van der Waals surface area contributed by atoms with Crippen molar-refractivity contribution in [3.63, 3.8) is 0 Å². The Labute approximate surface area is 69.6 Å². The lowest BCUT2D eigenvalue weighted by atomic mass is 10.1. The molecular weight excluding hydrogens is 156 g/mol. The van der Waals surface area contributed by atoms with Crippen molar-refractivity contribution in [2.75, 3.05) is 6.61 Å². The molecule has 0 unspecified atom stereocenters. The van der Waals surface area contributed by atoms with E-state index in [1.165, 1.54) is 0 Å². The lowest BCUT2D eigenvalue weighted by molar-refractivity contribution is 0.281. The predicted molar refractivity (Wildman–Crippen MR) is 43.4 cm³/mol. The van der Waals surface area contributed by atoms with Crippen LogP contribution in [0.5, 0.6) is 5.75 Å². The Hall–Kier alpha value is -1.32. The minimum Gasteiger partial charge on any atom is -0.488 e. The van der Waals surface area contributed by atoms with Gasteiger partial charge in [-0.15, -0.1) is 0 Å². The first-order chi connectivity index (χ1) is 5.79. The number of ether oxygens (including phenoxy) is 1. The average molecular weight is 166 g/mol. The van der Waals surface area contributed by atoms with Crippen molar-refractivity contribution in [2.45, 2.75) is 19.8 Å². The third-order valence-corrected chi connectivity index (χ3v) is 2.06. The molecule has 0 fully saturated rings. The van der Waals surface area contributed by atoms with Crippen LogP contribution in [0.2, 0.25) is 0 Å². The molecule has 1 aliphatic rings. The summed E-state index contributed by atoms with van der Waals surface area (Å²) in [5.74, 6) is 0.466. The van der Waals surface area contributed by atoms with Crippen molar-refractivity contribution >= 4 is 0 Å². The van der Waals surface area contributed by atoms with E-state index in [0.29, 0.717) is 12.4 Å². The molecule has 1 aromatic rings. The molecule has 4 nitrogen and oxygen atoms in total. The maximum Gasteiger partial charge on any atom is 0.306 e. The molecule has 0 bridgehead atoms. The van der Waals surface area contributed by atoms with Gasteiger partial charge in [0.2, 0.25) is 0 Å². The summed E-state index contributed by atoms with van der Waals surface area (Å²) in [6.07, 6.45) is 1.87. The third kappa shape index (κ3) is 0.995. The Kier molecular flexibility index (Phi) is 1.60. The van der Waals surface area contributed by atoms with E-state index in [1.54, 1.807) is 0 Å². The number of aromatic amines is 1. The molecular formula is C8H10N2O2. The minimum atomic E-state index is -0.213. The molecule has 0 saturated heterocycles. The second-order valence-corrected chi connectivity index (χ2v) is 2.90. The van der Waals surface area contributed by atoms with Gasteiger partial charge >= 0.3 is 5.56 Å². The number of aromatic nitrogens is 2. The van der Waals surface area contributed by atoms with Gasteiger partial charge in [-0.2, -0.15) is 5.10 Å². The van der Waals surface area contributed by atoms with E-state index in [4.69, 9.17) is 4.74 Å². The molecule has 0 radical (unpaired) electrons. The normalized spacial score (nSPS) is 15.1. The smallest absolute Gasteiger partial charge is 0.306 e. The number of hydrogen-bond donors (Lipinski definition) is 1. The highest BCUT2D eigenvalue weighted by Crippen LogP contribution is 2.20. The van der Waals surface area contributed by atoms with Gasteiger partial charge in [-0.25, -0.2) is 5.10 Å². The Bertz CT molecular complexity index is 357. The van der Waals surface area contributed by atoms with Crippen molar-refractivity contribution < 1.29 is 4.74 Å². The van der Waals surface area contributed by atoms with Gasteiger partial charge in [-0.3, -0.25) is 4.79 Å². The number of nitrogens with zero attached hydrogens (tertiary/aromatic N) is 1. The average Bonchev–Trinajstić information content (AvgIpc) is 2.12. The van der Waals surface area contributed by atoms with E-state index >= 15 is 0 Å². The molecule has 1 aliphatic heterocycles. The summed E-state index contributed by atoms with van der Waals surface area (Å²) in [5.41, 5.74) is 1.62. The maximum absolute atomic E-state index is 11.2. The highest BCUT2D eigenvalue weighted by atomic mass is 16.5. The molecule has 4 heteroatoms.